The van der Waals surface area contributed by atoms with E-state index in [2.05, 4.69) is 31.4 Å². The van der Waals surface area contributed by atoms with Gasteiger partial charge in [0.05, 0.1) is 16.7 Å². The van der Waals surface area contributed by atoms with Crippen LogP contribution in [0.1, 0.15) is 34.2 Å². The second-order valence-electron chi connectivity index (χ2n) is 6.35. The molecule has 1 aromatic carbocycles. The molecule has 0 radical (unpaired) electrons. The maximum atomic E-state index is 12.3. The van der Waals surface area contributed by atoms with Gasteiger partial charge in [0, 0.05) is 24.0 Å². The Morgan fingerprint density at radius 3 is 2.61 bits per heavy atom. The Morgan fingerprint density at radius 1 is 1.25 bits per heavy atom. The number of halogens is 2. The number of nitrogens with one attached hydrogen (secondary N) is 1. The Kier molecular flexibility index (Phi) is 6.41. The highest BCUT2D eigenvalue weighted by atomic mass is 79.9. The van der Waals surface area contributed by atoms with Gasteiger partial charge in [0.25, 0.3) is 5.91 Å². The molecule has 0 fully saturated rings. The topological polar surface area (TPSA) is 74.0 Å². The average molecular weight is 467 g/mol. The molecule has 3 aromatic rings. The molecule has 0 bridgehead atoms. The van der Waals surface area contributed by atoms with Crippen LogP contribution in [0.5, 0.6) is 5.75 Å². The zero-order valence-electron chi connectivity index (χ0n) is 15.9. The van der Waals surface area contributed by atoms with E-state index in [1.165, 1.54) is 0 Å². The number of ether oxygens (including phenoxy) is 1. The van der Waals surface area contributed by atoms with E-state index in [9.17, 15) is 4.79 Å². The van der Waals surface area contributed by atoms with Crippen LogP contribution < -0.4 is 10.1 Å². The molecule has 0 saturated carbocycles. The van der Waals surface area contributed by atoms with Crippen LogP contribution in [-0.2, 0) is 19.8 Å². The summed E-state index contributed by atoms with van der Waals surface area (Å²) in [5, 5.41) is 12.2. The minimum absolute atomic E-state index is 0.195. The summed E-state index contributed by atoms with van der Waals surface area (Å²) in [5.74, 6) is 0.437. The third kappa shape index (κ3) is 4.74. The minimum Gasteiger partial charge on any atom is -0.471 e. The van der Waals surface area contributed by atoms with E-state index >= 15 is 0 Å². The van der Waals surface area contributed by atoms with Crippen molar-refractivity contribution in [2.45, 2.75) is 40.6 Å². The van der Waals surface area contributed by atoms with Crippen LogP contribution in [0, 0.1) is 13.8 Å². The Hall–Kier alpha value is -2.32. The predicted molar refractivity (Wildman–Crippen MR) is 111 cm³/mol. The van der Waals surface area contributed by atoms with Crippen molar-refractivity contribution in [3.63, 3.8) is 0 Å². The number of rotatable bonds is 7. The Balaban J connectivity index is 1.57. The highest BCUT2D eigenvalue weighted by molar-refractivity contribution is 9.10. The number of carbonyl (C=O) groups is 1. The second kappa shape index (κ2) is 8.79. The number of carbonyl (C=O) groups excluding carboxylic acids is 1. The van der Waals surface area contributed by atoms with Gasteiger partial charge in [-0.25, -0.2) is 4.68 Å². The van der Waals surface area contributed by atoms with Crippen molar-refractivity contribution in [2.75, 3.05) is 0 Å². The number of aryl methyl sites for hydroxylation is 3. The molecule has 0 saturated heterocycles. The lowest BCUT2D eigenvalue weighted by Crippen LogP contribution is -2.24. The summed E-state index contributed by atoms with van der Waals surface area (Å²) in [7, 11) is 0. The summed E-state index contributed by atoms with van der Waals surface area (Å²) in [6.07, 6.45) is 3.58. The lowest BCUT2D eigenvalue weighted by molar-refractivity contribution is 0.0943. The molecule has 148 valence electrons. The summed E-state index contributed by atoms with van der Waals surface area (Å²) in [5.41, 5.74) is 2.99. The molecule has 0 unspecified atom stereocenters. The molecule has 3 rings (SSSR count). The SMILES string of the molecule is CCn1cc(Br)c(CNC(=O)c2ccn(COc3cc(C)c(Cl)c(C)c3)n2)n1. The fourth-order valence-electron chi connectivity index (χ4n) is 2.66. The summed E-state index contributed by atoms with van der Waals surface area (Å²) >= 11 is 9.62. The van der Waals surface area contributed by atoms with Gasteiger partial charge in [-0.1, -0.05) is 11.6 Å². The zero-order chi connectivity index (χ0) is 20.3. The maximum Gasteiger partial charge on any atom is 0.272 e. The third-order valence-corrected chi connectivity index (χ3v) is 5.43. The van der Waals surface area contributed by atoms with Crippen LogP contribution in [0.3, 0.4) is 0 Å². The number of hydrogen-bond donors (Lipinski definition) is 1. The van der Waals surface area contributed by atoms with E-state index < -0.39 is 0 Å². The summed E-state index contributed by atoms with van der Waals surface area (Å²) < 4.78 is 9.98. The number of benzene rings is 1. The standard InChI is InChI=1S/C19H21BrClN5O2/c1-4-25-10-15(20)17(24-25)9-22-19(27)16-5-6-26(23-16)11-28-14-7-12(2)18(21)13(3)8-14/h5-8,10H,4,9,11H2,1-3H3,(H,22,27). The van der Waals surface area contributed by atoms with Gasteiger partial charge >= 0.3 is 0 Å². The summed E-state index contributed by atoms with van der Waals surface area (Å²) in [6, 6.07) is 5.40. The number of aromatic nitrogens is 4. The normalized spacial score (nSPS) is 10.9. The van der Waals surface area contributed by atoms with Crippen molar-refractivity contribution >= 4 is 33.4 Å². The smallest absolute Gasteiger partial charge is 0.272 e. The fraction of sp³-hybridized carbons (Fsp3) is 0.316. The molecule has 0 aliphatic heterocycles. The molecule has 0 spiro atoms. The fourth-order valence-corrected chi connectivity index (χ4v) is 3.22. The van der Waals surface area contributed by atoms with Crippen molar-refractivity contribution in [1.82, 2.24) is 24.9 Å². The first-order chi connectivity index (χ1) is 13.4. The van der Waals surface area contributed by atoms with Gasteiger partial charge in [-0.05, 0) is 66.0 Å². The molecule has 28 heavy (non-hydrogen) atoms. The molecule has 1 amide bonds. The van der Waals surface area contributed by atoms with Gasteiger partial charge in [0.2, 0.25) is 0 Å². The van der Waals surface area contributed by atoms with E-state index in [1.54, 1.807) is 21.6 Å². The summed E-state index contributed by atoms with van der Waals surface area (Å²) in [4.78, 5) is 12.3. The molecule has 0 aliphatic carbocycles. The zero-order valence-corrected chi connectivity index (χ0v) is 18.2. The summed E-state index contributed by atoms with van der Waals surface area (Å²) in [6.45, 7) is 7.15. The number of amides is 1. The van der Waals surface area contributed by atoms with E-state index in [0.29, 0.717) is 18.0 Å². The van der Waals surface area contributed by atoms with Gasteiger partial charge in [0.15, 0.2) is 6.73 Å². The van der Waals surface area contributed by atoms with Gasteiger partial charge in [-0.2, -0.15) is 10.2 Å². The van der Waals surface area contributed by atoms with Crippen molar-refractivity contribution in [3.8, 4) is 5.75 Å². The van der Waals surface area contributed by atoms with Crippen LogP contribution in [0.15, 0.2) is 35.1 Å². The second-order valence-corrected chi connectivity index (χ2v) is 7.58. The van der Waals surface area contributed by atoms with Gasteiger partial charge in [-0.3, -0.25) is 9.48 Å². The van der Waals surface area contributed by atoms with Gasteiger partial charge < -0.3 is 10.1 Å². The minimum atomic E-state index is -0.269. The van der Waals surface area contributed by atoms with Crippen LogP contribution >= 0.6 is 27.5 Å². The van der Waals surface area contributed by atoms with Gasteiger partial charge in [0.1, 0.15) is 11.4 Å². The lowest BCUT2D eigenvalue weighted by atomic mass is 10.1. The molecular formula is C19H21BrClN5O2. The van der Waals surface area contributed by atoms with Crippen LogP contribution in [0.4, 0.5) is 0 Å². The van der Waals surface area contributed by atoms with E-state index in [1.807, 2.05) is 39.1 Å². The molecule has 0 atom stereocenters. The molecule has 0 aliphatic rings. The monoisotopic (exact) mass is 465 g/mol. The van der Waals surface area contributed by atoms with Crippen LogP contribution in [0.2, 0.25) is 5.02 Å². The first-order valence-electron chi connectivity index (χ1n) is 8.80. The largest absolute Gasteiger partial charge is 0.471 e. The third-order valence-electron chi connectivity index (χ3n) is 4.17. The molecule has 9 heteroatoms. The van der Waals surface area contributed by atoms with Crippen molar-refractivity contribution < 1.29 is 9.53 Å². The first kappa shape index (κ1) is 20.4. The lowest BCUT2D eigenvalue weighted by Gasteiger charge is -2.10. The van der Waals surface area contributed by atoms with Gasteiger partial charge in [-0.15, -0.1) is 0 Å². The first-order valence-corrected chi connectivity index (χ1v) is 9.97. The molecule has 2 aromatic heterocycles. The number of nitrogens with zero attached hydrogens (tertiary/aromatic N) is 4. The highest BCUT2D eigenvalue weighted by Gasteiger charge is 2.12. The van der Waals surface area contributed by atoms with Crippen molar-refractivity contribution in [3.05, 3.63) is 62.6 Å². The van der Waals surface area contributed by atoms with Crippen LogP contribution in [0.25, 0.3) is 0 Å². The molecule has 1 N–H and O–H groups in total. The van der Waals surface area contributed by atoms with E-state index in [0.717, 1.165) is 32.9 Å². The van der Waals surface area contributed by atoms with Crippen LogP contribution in [-0.4, -0.2) is 25.5 Å². The molecule has 2 heterocycles. The van der Waals surface area contributed by atoms with E-state index in [-0.39, 0.29) is 12.6 Å². The van der Waals surface area contributed by atoms with Crippen molar-refractivity contribution in [1.29, 1.82) is 0 Å². The quantitative estimate of drug-likeness (QED) is 0.569. The highest BCUT2D eigenvalue weighted by Crippen LogP contribution is 2.26. The Labute approximate surface area is 176 Å². The molecular weight excluding hydrogens is 446 g/mol. The average Bonchev–Trinajstić information content (AvgIpc) is 3.29. The van der Waals surface area contributed by atoms with Crippen molar-refractivity contribution in [2.24, 2.45) is 0 Å². The number of hydrogen-bond acceptors (Lipinski definition) is 4. The maximum absolute atomic E-state index is 12.3. The predicted octanol–water partition coefficient (Wildman–Crippen LogP) is 4.10. The molecule has 7 nitrogen and oxygen atoms in total. The Morgan fingerprint density at radius 2 is 1.96 bits per heavy atom. The Bertz CT molecular complexity index is 975. The van der Waals surface area contributed by atoms with E-state index in [4.69, 9.17) is 16.3 Å².